The summed E-state index contributed by atoms with van der Waals surface area (Å²) in [4.78, 5) is 26.3. The molecule has 2 fully saturated rings. The fraction of sp³-hybridized carbons (Fsp3) is 0.462. The van der Waals surface area contributed by atoms with Crippen molar-refractivity contribution >= 4 is 27.5 Å². The van der Waals surface area contributed by atoms with Gasteiger partial charge in [-0.1, -0.05) is 49.1 Å². The molecule has 34 heavy (non-hydrogen) atoms. The summed E-state index contributed by atoms with van der Waals surface area (Å²) in [7, 11) is -3.67. The molecule has 2 aromatic rings. The Bertz CT molecular complexity index is 1120. The fourth-order valence-electron chi connectivity index (χ4n) is 4.77. The molecule has 2 amide bonds. The molecule has 1 saturated carbocycles. The van der Waals surface area contributed by atoms with Gasteiger partial charge in [0.2, 0.25) is 15.9 Å². The van der Waals surface area contributed by atoms with Crippen LogP contribution in [0.25, 0.3) is 0 Å². The van der Waals surface area contributed by atoms with Crippen molar-refractivity contribution in [3.05, 3.63) is 59.7 Å². The lowest BCUT2D eigenvalue weighted by Gasteiger charge is -2.31. The molecule has 0 radical (unpaired) electrons. The molecule has 1 heterocycles. The third-order valence-electron chi connectivity index (χ3n) is 6.78. The molecule has 0 bridgehead atoms. The van der Waals surface area contributed by atoms with Crippen LogP contribution < -0.4 is 10.6 Å². The zero-order valence-corrected chi connectivity index (χ0v) is 20.4. The molecule has 8 heteroatoms. The van der Waals surface area contributed by atoms with Gasteiger partial charge in [0.1, 0.15) is 0 Å². The van der Waals surface area contributed by atoms with E-state index < -0.39 is 15.9 Å². The average molecular weight is 484 g/mol. The number of hydrogen-bond donors (Lipinski definition) is 2. The van der Waals surface area contributed by atoms with E-state index in [0.29, 0.717) is 30.6 Å². The van der Waals surface area contributed by atoms with Crippen LogP contribution in [0.5, 0.6) is 0 Å². The normalized spacial score (nSPS) is 20.0. The Hall–Kier alpha value is -2.71. The number of piperidine rings is 1. The summed E-state index contributed by atoms with van der Waals surface area (Å²) in [5, 5.41) is 6.00. The second-order valence-corrected chi connectivity index (χ2v) is 11.3. The van der Waals surface area contributed by atoms with Crippen LogP contribution >= 0.6 is 0 Å². The zero-order valence-electron chi connectivity index (χ0n) is 19.6. The Labute approximate surface area is 202 Å². The topological polar surface area (TPSA) is 95.6 Å². The molecule has 0 spiro atoms. The molecule has 1 aliphatic heterocycles. The van der Waals surface area contributed by atoms with Crippen LogP contribution in [0, 0.1) is 12.8 Å². The van der Waals surface area contributed by atoms with Gasteiger partial charge in [-0.15, -0.1) is 0 Å². The highest BCUT2D eigenvalue weighted by Gasteiger charge is 2.33. The summed E-state index contributed by atoms with van der Waals surface area (Å²) in [6.45, 7) is 2.42. The Morgan fingerprint density at radius 3 is 2.35 bits per heavy atom. The lowest BCUT2D eigenvalue weighted by atomic mass is 9.95. The number of nitrogens with zero attached hydrogens (tertiary/aromatic N) is 1. The van der Waals surface area contributed by atoms with E-state index in [1.54, 1.807) is 48.5 Å². The number of nitrogens with one attached hydrogen (secondary N) is 2. The van der Waals surface area contributed by atoms with E-state index in [-0.39, 0.29) is 29.3 Å². The van der Waals surface area contributed by atoms with Gasteiger partial charge in [0.15, 0.2) is 0 Å². The lowest BCUT2D eigenvalue weighted by molar-refractivity contribution is -0.120. The number of carbonyl (C=O) groups is 2. The van der Waals surface area contributed by atoms with Crippen LogP contribution in [-0.4, -0.2) is 43.7 Å². The van der Waals surface area contributed by atoms with Crippen molar-refractivity contribution in [2.75, 3.05) is 18.4 Å². The molecular formula is C26H33N3O4S. The summed E-state index contributed by atoms with van der Waals surface area (Å²) >= 11 is 0. The molecule has 1 unspecified atom stereocenters. The number of sulfonamides is 1. The first kappa shape index (κ1) is 24.4. The van der Waals surface area contributed by atoms with Gasteiger partial charge in [0, 0.05) is 19.1 Å². The molecule has 182 valence electrons. The van der Waals surface area contributed by atoms with Crippen molar-refractivity contribution in [1.29, 1.82) is 0 Å². The molecule has 1 saturated heterocycles. The van der Waals surface area contributed by atoms with Crippen molar-refractivity contribution in [1.82, 2.24) is 9.62 Å². The Morgan fingerprint density at radius 1 is 0.912 bits per heavy atom. The second-order valence-electron chi connectivity index (χ2n) is 9.36. The smallest absolute Gasteiger partial charge is 0.253 e. The van der Waals surface area contributed by atoms with Crippen molar-refractivity contribution in [2.45, 2.75) is 62.8 Å². The largest absolute Gasteiger partial charge is 0.349 e. The molecule has 1 aliphatic carbocycles. The quantitative estimate of drug-likeness (QED) is 0.647. The van der Waals surface area contributed by atoms with Crippen LogP contribution in [0.3, 0.4) is 0 Å². The van der Waals surface area contributed by atoms with Gasteiger partial charge in [-0.25, -0.2) is 8.42 Å². The van der Waals surface area contributed by atoms with E-state index >= 15 is 0 Å². The first-order valence-corrected chi connectivity index (χ1v) is 13.6. The van der Waals surface area contributed by atoms with Gasteiger partial charge >= 0.3 is 0 Å². The first-order chi connectivity index (χ1) is 16.3. The Kier molecular flexibility index (Phi) is 7.68. The Balaban J connectivity index is 1.43. The SMILES string of the molecule is Cc1ccc(S(=O)(=O)N2CCCC(C(=O)Nc3ccccc3C(=O)NC3CCCCC3)C2)cc1. The average Bonchev–Trinajstić information content (AvgIpc) is 2.85. The van der Waals surface area contributed by atoms with Crippen molar-refractivity contribution < 1.29 is 18.0 Å². The predicted octanol–water partition coefficient (Wildman–Crippen LogP) is 4.10. The maximum Gasteiger partial charge on any atom is 0.253 e. The summed E-state index contributed by atoms with van der Waals surface area (Å²) in [5.74, 6) is -0.930. The van der Waals surface area contributed by atoms with E-state index in [9.17, 15) is 18.0 Å². The Morgan fingerprint density at radius 2 is 1.62 bits per heavy atom. The van der Waals surface area contributed by atoms with E-state index in [2.05, 4.69) is 10.6 Å². The van der Waals surface area contributed by atoms with Crippen LogP contribution in [0.1, 0.15) is 60.9 Å². The summed E-state index contributed by atoms with van der Waals surface area (Å²) in [5.41, 5.74) is 1.88. The first-order valence-electron chi connectivity index (χ1n) is 12.1. The minimum Gasteiger partial charge on any atom is -0.349 e. The van der Waals surface area contributed by atoms with Gasteiger partial charge in [-0.3, -0.25) is 9.59 Å². The summed E-state index contributed by atoms with van der Waals surface area (Å²) in [6.07, 6.45) is 6.60. The van der Waals surface area contributed by atoms with Crippen LogP contribution in [0.4, 0.5) is 5.69 Å². The molecule has 2 N–H and O–H groups in total. The van der Waals surface area contributed by atoms with Crippen LogP contribution in [0.15, 0.2) is 53.4 Å². The van der Waals surface area contributed by atoms with Crippen LogP contribution in [-0.2, 0) is 14.8 Å². The molecule has 4 rings (SSSR count). The number of amides is 2. The molecule has 2 aromatic carbocycles. The van der Waals surface area contributed by atoms with E-state index in [0.717, 1.165) is 31.2 Å². The van der Waals surface area contributed by atoms with E-state index in [1.807, 2.05) is 6.92 Å². The fourth-order valence-corrected chi connectivity index (χ4v) is 6.29. The maximum atomic E-state index is 13.1. The predicted molar refractivity (Wildman–Crippen MR) is 132 cm³/mol. The van der Waals surface area contributed by atoms with Crippen molar-refractivity contribution in [2.24, 2.45) is 5.92 Å². The van der Waals surface area contributed by atoms with Gasteiger partial charge in [0.25, 0.3) is 5.91 Å². The molecule has 1 atom stereocenters. The van der Waals surface area contributed by atoms with Crippen molar-refractivity contribution in [3.63, 3.8) is 0 Å². The van der Waals surface area contributed by atoms with Gasteiger partial charge in [-0.2, -0.15) is 4.31 Å². The molecule has 2 aliphatic rings. The van der Waals surface area contributed by atoms with Crippen LogP contribution in [0.2, 0.25) is 0 Å². The highest BCUT2D eigenvalue weighted by Crippen LogP contribution is 2.26. The standard InChI is InChI=1S/C26H33N3O4S/c1-19-13-15-22(16-14-19)34(32,33)29-17-7-8-20(18-29)25(30)28-24-12-6-5-11-23(24)26(31)27-21-9-3-2-4-10-21/h5-6,11-16,20-21H,2-4,7-10,17-18H2,1H3,(H,27,31)(H,28,30). The number of benzene rings is 2. The van der Waals surface area contributed by atoms with E-state index in [4.69, 9.17) is 0 Å². The van der Waals surface area contributed by atoms with Crippen molar-refractivity contribution in [3.8, 4) is 0 Å². The molecule has 0 aromatic heterocycles. The second kappa shape index (κ2) is 10.7. The van der Waals surface area contributed by atoms with Gasteiger partial charge < -0.3 is 10.6 Å². The number of aryl methyl sites for hydroxylation is 1. The minimum absolute atomic E-state index is 0.123. The highest BCUT2D eigenvalue weighted by atomic mass is 32.2. The maximum absolute atomic E-state index is 13.1. The highest BCUT2D eigenvalue weighted by molar-refractivity contribution is 7.89. The zero-order chi connectivity index (χ0) is 24.1. The third-order valence-corrected chi connectivity index (χ3v) is 8.66. The van der Waals surface area contributed by atoms with Gasteiger partial charge in [0.05, 0.1) is 22.1 Å². The number of carbonyl (C=O) groups excluding carboxylic acids is 2. The number of rotatable bonds is 6. The number of hydrogen-bond acceptors (Lipinski definition) is 4. The summed E-state index contributed by atoms with van der Waals surface area (Å²) in [6, 6.07) is 13.9. The number of para-hydroxylation sites is 1. The third kappa shape index (κ3) is 5.67. The monoisotopic (exact) mass is 483 g/mol. The molecular weight excluding hydrogens is 450 g/mol. The number of anilines is 1. The minimum atomic E-state index is -3.67. The summed E-state index contributed by atoms with van der Waals surface area (Å²) < 4.78 is 27.6. The van der Waals surface area contributed by atoms with Gasteiger partial charge in [-0.05, 0) is 56.9 Å². The molecule has 7 nitrogen and oxygen atoms in total. The lowest BCUT2D eigenvalue weighted by Crippen LogP contribution is -2.43. The van der Waals surface area contributed by atoms with E-state index in [1.165, 1.54) is 10.7 Å².